The van der Waals surface area contributed by atoms with Crippen LogP contribution in [0.4, 0.5) is 15.2 Å². The Balaban J connectivity index is 1.33. The molecule has 2 aromatic heterocycles. The zero-order valence-electron chi connectivity index (χ0n) is 20.7. The maximum atomic E-state index is 14.4. The molecule has 0 saturated heterocycles. The van der Waals surface area contributed by atoms with E-state index in [2.05, 4.69) is 9.97 Å². The number of aromatic nitrogens is 2. The molecule has 0 saturated carbocycles. The number of benzene rings is 3. The van der Waals surface area contributed by atoms with E-state index in [0.29, 0.717) is 27.8 Å². The Morgan fingerprint density at radius 2 is 1.77 bits per heavy atom. The van der Waals surface area contributed by atoms with Gasteiger partial charge in [-0.05, 0) is 73.0 Å². The number of carbonyl (C=O) groups is 1. The maximum Gasteiger partial charge on any atom is 0.264 e. The molecule has 10 heteroatoms. The normalized spacial score (nSPS) is 13.3. The highest BCUT2D eigenvalue weighted by Crippen LogP contribution is 2.34. The van der Waals surface area contributed by atoms with Crippen LogP contribution in [0, 0.1) is 5.82 Å². The predicted octanol–water partition coefficient (Wildman–Crippen LogP) is 5.82. The fraction of sp³-hybridized carbons (Fsp3) is 0.138. The predicted molar refractivity (Wildman–Crippen MR) is 150 cm³/mol. The van der Waals surface area contributed by atoms with Gasteiger partial charge in [0.05, 0.1) is 27.5 Å². The summed E-state index contributed by atoms with van der Waals surface area (Å²) in [5, 5.41) is 0.326. The first-order valence-electron chi connectivity index (χ1n) is 12.4. The van der Waals surface area contributed by atoms with Crippen molar-refractivity contribution in [2.45, 2.75) is 24.3 Å². The number of amides is 1. The van der Waals surface area contributed by atoms with Crippen LogP contribution in [0.25, 0.3) is 10.2 Å². The van der Waals surface area contributed by atoms with E-state index < -0.39 is 21.7 Å². The second kappa shape index (κ2) is 10.2. The van der Waals surface area contributed by atoms with Crippen LogP contribution in [-0.2, 0) is 23.0 Å². The van der Waals surface area contributed by atoms with Gasteiger partial charge in [0.25, 0.3) is 15.9 Å². The van der Waals surface area contributed by atoms with E-state index in [-0.39, 0.29) is 22.5 Å². The smallest absolute Gasteiger partial charge is 0.264 e. The standard InChI is InChI=1S/C29H23FN4O3S2/c30-24-10-5-12-26-27(24)32-29(38-26)33(19-22-9-3-4-17-31-22)28(35)21-13-15-23(16-14-21)39(36,37)34-18-6-8-20-7-1-2-11-25(20)34/h1-5,7,9-17H,6,8,18-19H2. The minimum absolute atomic E-state index is 0.106. The van der Waals surface area contributed by atoms with Crippen molar-refractivity contribution in [2.75, 3.05) is 15.7 Å². The lowest BCUT2D eigenvalue weighted by molar-refractivity contribution is 0.0984. The lowest BCUT2D eigenvalue weighted by Crippen LogP contribution is -2.35. The van der Waals surface area contributed by atoms with Gasteiger partial charge in [0, 0.05) is 18.3 Å². The number of pyridine rings is 1. The van der Waals surface area contributed by atoms with Crippen LogP contribution in [0.3, 0.4) is 0 Å². The van der Waals surface area contributed by atoms with E-state index in [1.54, 1.807) is 30.5 Å². The number of hydrogen-bond acceptors (Lipinski definition) is 6. The summed E-state index contributed by atoms with van der Waals surface area (Å²) in [5.41, 5.74) is 2.79. The van der Waals surface area contributed by atoms with E-state index in [1.807, 2.05) is 30.3 Å². The van der Waals surface area contributed by atoms with Gasteiger partial charge in [-0.2, -0.15) is 0 Å². The number of rotatable bonds is 6. The highest BCUT2D eigenvalue weighted by atomic mass is 32.2. The number of anilines is 2. The molecule has 3 heterocycles. The molecule has 39 heavy (non-hydrogen) atoms. The topological polar surface area (TPSA) is 83.5 Å². The molecule has 0 fully saturated rings. The van der Waals surface area contributed by atoms with Gasteiger partial charge in [-0.25, -0.2) is 17.8 Å². The summed E-state index contributed by atoms with van der Waals surface area (Å²) < 4.78 is 43.5. The Hall–Kier alpha value is -4.15. The summed E-state index contributed by atoms with van der Waals surface area (Å²) in [6.45, 7) is 0.512. The van der Waals surface area contributed by atoms with Crippen LogP contribution >= 0.6 is 11.3 Å². The highest BCUT2D eigenvalue weighted by molar-refractivity contribution is 7.92. The zero-order chi connectivity index (χ0) is 27.0. The van der Waals surface area contributed by atoms with Crippen molar-refractivity contribution in [1.29, 1.82) is 0 Å². The quantitative estimate of drug-likeness (QED) is 0.262. The Labute approximate surface area is 229 Å². The first kappa shape index (κ1) is 25.1. The fourth-order valence-corrected chi connectivity index (χ4v) is 7.22. The van der Waals surface area contributed by atoms with Gasteiger partial charge in [0.1, 0.15) is 11.3 Å². The largest absolute Gasteiger partial charge is 0.278 e. The summed E-state index contributed by atoms with van der Waals surface area (Å²) >= 11 is 1.21. The first-order valence-corrected chi connectivity index (χ1v) is 14.6. The average molecular weight is 559 g/mol. The van der Waals surface area contributed by atoms with Crippen molar-refractivity contribution in [1.82, 2.24) is 9.97 Å². The van der Waals surface area contributed by atoms with Gasteiger partial charge in [0.15, 0.2) is 5.13 Å². The number of carbonyl (C=O) groups excluding carboxylic acids is 1. The third kappa shape index (κ3) is 4.77. The molecule has 7 nitrogen and oxygen atoms in total. The van der Waals surface area contributed by atoms with Crippen LogP contribution in [0.15, 0.2) is 96.0 Å². The number of para-hydroxylation sites is 2. The first-order chi connectivity index (χ1) is 18.9. The second-order valence-corrected chi connectivity index (χ2v) is 12.0. The third-order valence-corrected chi connectivity index (χ3v) is 9.51. The maximum absolute atomic E-state index is 14.4. The van der Waals surface area contributed by atoms with Gasteiger partial charge in [-0.3, -0.25) is 19.0 Å². The van der Waals surface area contributed by atoms with Gasteiger partial charge in [-0.1, -0.05) is 41.7 Å². The Kier molecular flexibility index (Phi) is 6.58. The van der Waals surface area contributed by atoms with Crippen molar-refractivity contribution < 1.29 is 17.6 Å². The minimum Gasteiger partial charge on any atom is -0.278 e. The summed E-state index contributed by atoms with van der Waals surface area (Å²) in [5.74, 6) is -0.860. The number of fused-ring (bicyclic) bond motifs is 2. The molecule has 5 aromatic rings. The number of nitrogens with zero attached hydrogens (tertiary/aromatic N) is 4. The van der Waals surface area contributed by atoms with E-state index in [0.717, 1.165) is 18.4 Å². The van der Waals surface area contributed by atoms with Crippen LogP contribution < -0.4 is 9.21 Å². The average Bonchev–Trinajstić information content (AvgIpc) is 3.41. The second-order valence-electron chi connectivity index (χ2n) is 9.13. The molecule has 0 N–H and O–H groups in total. The van der Waals surface area contributed by atoms with E-state index >= 15 is 0 Å². The monoisotopic (exact) mass is 558 g/mol. The van der Waals surface area contributed by atoms with Crippen LogP contribution in [-0.4, -0.2) is 30.8 Å². The number of hydrogen-bond donors (Lipinski definition) is 0. The molecule has 1 amide bonds. The SMILES string of the molecule is O=C(c1ccc(S(=O)(=O)N2CCCc3ccccc32)cc1)N(Cc1ccccn1)c1nc2c(F)cccc2s1. The molecule has 0 atom stereocenters. The lowest BCUT2D eigenvalue weighted by Gasteiger charge is -2.30. The number of aryl methyl sites for hydroxylation is 1. The molecule has 0 unspecified atom stereocenters. The van der Waals surface area contributed by atoms with Crippen molar-refractivity contribution in [2.24, 2.45) is 0 Å². The molecular weight excluding hydrogens is 535 g/mol. The minimum atomic E-state index is -3.81. The molecule has 1 aliphatic heterocycles. The van der Waals surface area contributed by atoms with Crippen molar-refractivity contribution in [3.05, 3.63) is 114 Å². The third-order valence-electron chi connectivity index (χ3n) is 6.64. The summed E-state index contributed by atoms with van der Waals surface area (Å²) in [6, 6.07) is 23.5. The van der Waals surface area contributed by atoms with Gasteiger partial charge in [0.2, 0.25) is 0 Å². The van der Waals surface area contributed by atoms with Gasteiger partial charge >= 0.3 is 0 Å². The van der Waals surface area contributed by atoms with Gasteiger partial charge < -0.3 is 0 Å². The molecule has 0 spiro atoms. The fourth-order valence-electron chi connectivity index (χ4n) is 4.70. The summed E-state index contributed by atoms with van der Waals surface area (Å²) in [7, 11) is -3.81. The van der Waals surface area contributed by atoms with Crippen LogP contribution in [0.1, 0.15) is 28.0 Å². The lowest BCUT2D eigenvalue weighted by atomic mass is 10.0. The van der Waals surface area contributed by atoms with Crippen LogP contribution in [0.5, 0.6) is 0 Å². The van der Waals surface area contributed by atoms with Crippen molar-refractivity contribution in [3.8, 4) is 0 Å². The molecule has 1 aliphatic rings. The van der Waals surface area contributed by atoms with Crippen molar-refractivity contribution >= 4 is 48.3 Å². The molecule has 196 valence electrons. The Bertz CT molecular complexity index is 1770. The molecule has 0 bridgehead atoms. The van der Waals surface area contributed by atoms with Crippen LogP contribution in [0.2, 0.25) is 0 Å². The molecule has 0 aliphatic carbocycles. The summed E-state index contributed by atoms with van der Waals surface area (Å²) in [6.07, 6.45) is 3.20. The molecule has 6 rings (SSSR count). The Morgan fingerprint density at radius 1 is 0.974 bits per heavy atom. The number of thiazole rings is 1. The van der Waals surface area contributed by atoms with Crippen molar-refractivity contribution in [3.63, 3.8) is 0 Å². The van der Waals surface area contributed by atoms with E-state index in [1.165, 1.54) is 50.9 Å². The number of halogens is 1. The Morgan fingerprint density at radius 3 is 2.54 bits per heavy atom. The zero-order valence-corrected chi connectivity index (χ0v) is 22.3. The molecule has 3 aromatic carbocycles. The molecule has 0 radical (unpaired) electrons. The van der Waals surface area contributed by atoms with Gasteiger partial charge in [-0.15, -0.1) is 0 Å². The van der Waals surface area contributed by atoms with E-state index in [9.17, 15) is 17.6 Å². The summed E-state index contributed by atoms with van der Waals surface area (Å²) in [4.78, 5) is 24.0. The van der Waals surface area contributed by atoms with E-state index in [4.69, 9.17) is 0 Å². The highest BCUT2D eigenvalue weighted by Gasteiger charge is 2.29. The number of sulfonamides is 1. The molecular formula is C29H23FN4O3S2.